The van der Waals surface area contributed by atoms with Crippen LogP contribution in [0.3, 0.4) is 0 Å². The number of rotatable bonds is 5. The quantitative estimate of drug-likeness (QED) is 0.808. The molecule has 0 bridgehead atoms. The van der Waals surface area contributed by atoms with Gasteiger partial charge in [0.1, 0.15) is 12.1 Å². The van der Waals surface area contributed by atoms with Gasteiger partial charge in [-0.3, -0.25) is 14.5 Å². The molecule has 1 atom stereocenters. The van der Waals surface area contributed by atoms with E-state index in [-0.39, 0.29) is 12.5 Å². The zero-order chi connectivity index (χ0) is 16.3. The van der Waals surface area contributed by atoms with Gasteiger partial charge in [-0.1, -0.05) is 30.7 Å². The fraction of sp³-hybridized carbons (Fsp3) is 0.400. The minimum Gasteiger partial charge on any atom is -0.355 e. The maximum Gasteiger partial charge on any atom is 0.325 e. The molecule has 1 fully saturated rings. The molecule has 22 heavy (non-hydrogen) atoms. The minimum atomic E-state index is -1.14. The summed E-state index contributed by atoms with van der Waals surface area (Å²) in [7, 11) is 0. The highest BCUT2D eigenvalue weighted by molar-refractivity contribution is 6.30. The summed E-state index contributed by atoms with van der Waals surface area (Å²) in [6.45, 7) is 3.74. The Morgan fingerprint density at radius 1 is 1.27 bits per heavy atom. The number of imide groups is 1. The summed E-state index contributed by atoms with van der Waals surface area (Å²) >= 11 is 5.87. The van der Waals surface area contributed by atoms with Crippen molar-refractivity contribution in [1.82, 2.24) is 15.5 Å². The summed E-state index contributed by atoms with van der Waals surface area (Å²) in [6.07, 6.45) is 0.380. The second-order valence-corrected chi connectivity index (χ2v) is 5.48. The Morgan fingerprint density at radius 3 is 2.45 bits per heavy atom. The number of carbonyl (C=O) groups is 3. The van der Waals surface area contributed by atoms with Crippen molar-refractivity contribution in [2.24, 2.45) is 0 Å². The van der Waals surface area contributed by atoms with E-state index in [9.17, 15) is 14.4 Å². The Labute approximate surface area is 133 Å². The lowest BCUT2D eigenvalue weighted by molar-refractivity contribution is -0.135. The summed E-state index contributed by atoms with van der Waals surface area (Å²) in [5.74, 6) is -0.789. The first-order valence-corrected chi connectivity index (χ1v) is 7.49. The van der Waals surface area contributed by atoms with Gasteiger partial charge in [0.2, 0.25) is 5.91 Å². The molecule has 1 aliphatic heterocycles. The molecule has 0 saturated carbocycles. The number of halogens is 1. The van der Waals surface area contributed by atoms with E-state index in [4.69, 9.17) is 11.6 Å². The van der Waals surface area contributed by atoms with Crippen molar-refractivity contribution in [2.45, 2.75) is 25.8 Å². The fourth-order valence-corrected chi connectivity index (χ4v) is 2.67. The lowest BCUT2D eigenvalue weighted by Crippen LogP contribution is -2.44. The van der Waals surface area contributed by atoms with Crippen molar-refractivity contribution in [1.29, 1.82) is 0 Å². The lowest BCUT2D eigenvalue weighted by Gasteiger charge is -2.25. The molecule has 1 heterocycles. The maximum absolute atomic E-state index is 12.7. The highest BCUT2D eigenvalue weighted by Crippen LogP contribution is 2.32. The van der Waals surface area contributed by atoms with Crippen LogP contribution in [0.5, 0.6) is 0 Å². The number of nitrogens with one attached hydrogen (secondary N) is 2. The summed E-state index contributed by atoms with van der Waals surface area (Å²) in [5.41, 5.74) is -0.495. The van der Waals surface area contributed by atoms with E-state index in [0.29, 0.717) is 23.6 Å². The molecular formula is C15H18ClN3O3. The standard InChI is InChI=1S/C15H18ClN3O3/c1-3-15(10-5-7-11(16)8-6-10)13(21)19(14(22)18-15)9-12(20)17-4-2/h5-8H,3-4,9H2,1-2H3,(H,17,20)(H,18,22). The number of carbonyl (C=O) groups excluding carboxylic acids is 3. The van der Waals surface area contributed by atoms with E-state index in [1.807, 2.05) is 6.92 Å². The molecule has 1 aromatic rings. The van der Waals surface area contributed by atoms with Crippen molar-refractivity contribution in [3.63, 3.8) is 0 Å². The average Bonchev–Trinajstić information content (AvgIpc) is 2.73. The number of likely N-dealkylation sites (N-methyl/N-ethyl adjacent to an activating group) is 1. The number of amides is 4. The smallest absolute Gasteiger partial charge is 0.325 e. The van der Waals surface area contributed by atoms with Gasteiger partial charge in [0.15, 0.2) is 0 Å². The molecule has 7 heteroatoms. The molecular weight excluding hydrogens is 306 g/mol. The van der Waals surface area contributed by atoms with Gasteiger partial charge in [-0.15, -0.1) is 0 Å². The number of urea groups is 1. The molecule has 1 aliphatic rings. The van der Waals surface area contributed by atoms with E-state index >= 15 is 0 Å². The van der Waals surface area contributed by atoms with E-state index in [1.54, 1.807) is 31.2 Å². The van der Waals surface area contributed by atoms with Gasteiger partial charge in [-0.05, 0) is 31.0 Å². The molecule has 6 nitrogen and oxygen atoms in total. The van der Waals surface area contributed by atoms with E-state index in [1.165, 1.54) is 0 Å². The maximum atomic E-state index is 12.7. The highest BCUT2D eigenvalue weighted by Gasteiger charge is 2.51. The summed E-state index contributed by atoms with van der Waals surface area (Å²) in [6, 6.07) is 6.19. The Kier molecular flexibility index (Phi) is 4.71. The predicted octanol–water partition coefficient (Wildman–Crippen LogP) is 1.63. The number of hydrogen-bond acceptors (Lipinski definition) is 3. The van der Waals surface area contributed by atoms with Crippen molar-refractivity contribution < 1.29 is 14.4 Å². The van der Waals surface area contributed by atoms with E-state index in [2.05, 4.69) is 10.6 Å². The van der Waals surface area contributed by atoms with Crippen LogP contribution >= 0.6 is 11.6 Å². The van der Waals surface area contributed by atoms with Gasteiger partial charge in [-0.2, -0.15) is 0 Å². The molecule has 0 aliphatic carbocycles. The monoisotopic (exact) mass is 323 g/mol. The molecule has 2 rings (SSSR count). The van der Waals surface area contributed by atoms with Gasteiger partial charge in [0, 0.05) is 11.6 Å². The molecule has 1 aromatic carbocycles. The molecule has 0 radical (unpaired) electrons. The number of benzene rings is 1. The summed E-state index contributed by atoms with van der Waals surface area (Å²) < 4.78 is 0. The highest BCUT2D eigenvalue weighted by atomic mass is 35.5. The van der Waals surface area contributed by atoms with Gasteiger partial charge in [-0.25, -0.2) is 4.79 Å². The van der Waals surface area contributed by atoms with Crippen molar-refractivity contribution >= 4 is 29.4 Å². The van der Waals surface area contributed by atoms with Crippen molar-refractivity contribution in [3.05, 3.63) is 34.9 Å². The van der Waals surface area contributed by atoms with Crippen LogP contribution in [0.1, 0.15) is 25.8 Å². The number of nitrogens with zero attached hydrogens (tertiary/aromatic N) is 1. The number of hydrogen-bond donors (Lipinski definition) is 2. The molecule has 4 amide bonds. The van der Waals surface area contributed by atoms with Crippen LogP contribution in [0.15, 0.2) is 24.3 Å². The largest absolute Gasteiger partial charge is 0.355 e. The van der Waals surface area contributed by atoms with Crippen LogP contribution < -0.4 is 10.6 Å². The first-order valence-electron chi connectivity index (χ1n) is 7.11. The minimum absolute atomic E-state index is 0.284. The van der Waals surface area contributed by atoms with E-state index < -0.39 is 17.5 Å². The van der Waals surface area contributed by atoms with Crippen LogP contribution in [-0.4, -0.2) is 35.8 Å². The zero-order valence-corrected chi connectivity index (χ0v) is 13.2. The lowest BCUT2D eigenvalue weighted by atomic mass is 9.87. The van der Waals surface area contributed by atoms with Gasteiger partial charge in [0.05, 0.1) is 0 Å². The van der Waals surface area contributed by atoms with Crippen LogP contribution in [0.4, 0.5) is 4.79 Å². The Hall–Kier alpha value is -2.08. The predicted molar refractivity (Wildman–Crippen MR) is 82.3 cm³/mol. The SMILES string of the molecule is CCNC(=O)CN1C(=O)NC(CC)(c2ccc(Cl)cc2)C1=O. The van der Waals surface area contributed by atoms with Crippen LogP contribution in [0, 0.1) is 0 Å². The Bertz CT molecular complexity index is 603. The third-order valence-corrected chi connectivity index (χ3v) is 3.97. The second-order valence-electron chi connectivity index (χ2n) is 5.04. The van der Waals surface area contributed by atoms with Crippen LogP contribution in [0.2, 0.25) is 5.02 Å². The van der Waals surface area contributed by atoms with Crippen molar-refractivity contribution in [3.8, 4) is 0 Å². The average molecular weight is 324 g/mol. The van der Waals surface area contributed by atoms with Gasteiger partial charge in [0.25, 0.3) is 5.91 Å². The first-order chi connectivity index (χ1) is 10.4. The molecule has 0 spiro atoms. The molecule has 1 saturated heterocycles. The molecule has 0 aromatic heterocycles. The summed E-state index contributed by atoms with van der Waals surface area (Å²) in [4.78, 5) is 37.5. The fourth-order valence-electron chi connectivity index (χ4n) is 2.54. The third-order valence-electron chi connectivity index (χ3n) is 3.72. The topological polar surface area (TPSA) is 78.5 Å². The Balaban J connectivity index is 2.31. The third kappa shape index (κ3) is 2.78. The van der Waals surface area contributed by atoms with Crippen LogP contribution in [-0.2, 0) is 15.1 Å². The van der Waals surface area contributed by atoms with Gasteiger partial charge >= 0.3 is 6.03 Å². The molecule has 1 unspecified atom stereocenters. The second kappa shape index (κ2) is 6.36. The van der Waals surface area contributed by atoms with Gasteiger partial charge < -0.3 is 10.6 Å². The normalized spacial score (nSPS) is 21.0. The first kappa shape index (κ1) is 16.3. The summed E-state index contributed by atoms with van der Waals surface area (Å²) in [5, 5.41) is 5.84. The molecule has 2 N–H and O–H groups in total. The van der Waals surface area contributed by atoms with Crippen molar-refractivity contribution in [2.75, 3.05) is 13.1 Å². The molecule has 118 valence electrons. The van der Waals surface area contributed by atoms with E-state index in [0.717, 1.165) is 4.90 Å². The Morgan fingerprint density at radius 2 is 1.91 bits per heavy atom. The van der Waals surface area contributed by atoms with Crippen LogP contribution in [0.25, 0.3) is 0 Å². The zero-order valence-electron chi connectivity index (χ0n) is 12.5.